The highest BCUT2D eigenvalue weighted by Crippen LogP contribution is 2.26. The minimum atomic E-state index is -0.495. The van der Waals surface area contributed by atoms with E-state index in [0.29, 0.717) is 17.6 Å². The Morgan fingerprint density at radius 2 is 2.11 bits per heavy atom. The largest absolute Gasteiger partial charge is 0.453 e. The molecule has 2 fully saturated rings. The SMILES string of the molecule is COC(=O)Nc1ccc(N2CCCC(CCN(C=O)C3CCCCC3)C2)nc1. The molecule has 1 aliphatic heterocycles. The zero-order valence-electron chi connectivity index (χ0n) is 16.8. The normalized spacial score (nSPS) is 20.5. The molecular weight excluding hydrogens is 356 g/mol. The Morgan fingerprint density at radius 1 is 1.29 bits per heavy atom. The molecule has 1 aromatic heterocycles. The van der Waals surface area contributed by atoms with Gasteiger partial charge in [0.2, 0.25) is 6.41 Å². The molecule has 28 heavy (non-hydrogen) atoms. The van der Waals surface area contributed by atoms with Crippen LogP contribution in [0.15, 0.2) is 18.3 Å². The van der Waals surface area contributed by atoms with Crippen molar-refractivity contribution < 1.29 is 14.3 Å². The van der Waals surface area contributed by atoms with Crippen molar-refractivity contribution in [2.24, 2.45) is 5.92 Å². The van der Waals surface area contributed by atoms with Crippen molar-refractivity contribution in [3.8, 4) is 0 Å². The topological polar surface area (TPSA) is 74.8 Å². The van der Waals surface area contributed by atoms with Crippen LogP contribution in [0.4, 0.5) is 16.3 Å². The van der Waals surface area contributed by atoms with Crippen molar-refractivity contribution in [3.05, 3.63) is 18.3 Å². The average molecular weight is 389 g/mol. The number of rotatable bonds is 7. The summed E-state index contributed by atoms with van der Waals surface area (Å²) in [7, 11) is 1.34. The third-order valence-corrected chi connectivity index (χ3v) is 6.00. The molecule has 2 heterocycles. The number of hydrogen-bond acceptors (Lipinski definition) is 5. The summed E-state index contributed by atoms with van der Waals surface area (Å²) in [5.41, 5.74) is 0.623. The number of carbonyl (C=O) groups excluding carboxylic acids is 2. The highest BCUT2D eigenvalue weighted by Gasteiger charge is 2.24. The van der Waals surface area contributed by atoms with Crippen LogP contribution in [0.3, 0.4) is 0 Å². The molecule has 2 amide bonds. The summed E-state index contributed by atoms with van der Waals surface area (Å²) in [5, 5.41) is 2.62. The van der Waals surface area contributed by atoms with Crippen LogP contribution in [-0.2, 0) is 9.53 Å². The molecule has 1 saturated carbocycles. The van der Waals surface area contributed by atoms with Crippen molar-refractivity contribution >= 4 is 24.0 Å². The summed E-state index contributed by atoms with van der Waals surface area (Å²) < 4.78 is 4.60. The minimum Gasteiger partial charge on any atom is -0.453 e. The lowest BCUT2D eigenvalue weighted by molar-refractivity contribution is -0.121. The molecule has 0 radical (unpaired) electrons. The second-order valence-electron chi connectivity index (χ2n) is 7.90. The second kappa shape index (κ2) is 10.3. The van der Waals surface area contributed by atoms with E-state index in [-0.39, 0.29) is 0 Å². The number of ether oxygens (including phenoxy) is 1. The number of methoxy groups -OCH3 is 1. The lowest BCUT2D eigenvalue weighted by atomic mass is 9.92. The third kappa shape index (κ3) is 5.59. The molecule has 2 aliphatic rings. The molecule has 0 spiro atoms. The fourth-order valence-corrected chi connectivity index (χ4v) is 4.39. The van der Waals surface area contributed by atoms with E-state index in [1.165, 1.54) is 32.8 Å². The molecule has 1 aliphatic carbocycles. The lowest BCUT2D eigenvalue weighted by Crippen LogP contribution is -2.40. The van der Waals surface area contributed by atoms with E-state index in [0.717, 1.165) is 57.5 Å². The summed E-state index contributed by atoms with van der Waals surface area (Å²) in [4.78, 5) is 31.7. The molecule has 1 aromatic rings. The van der Waals surface area contributed by atoms with Gasteiger partial charge in [0.05, 0.1) is 19.0 Å². The van der Waals surface area contributed by atoms with E-state index in [2.05, 4.69) is 19.9 Å². The maximum absolute atomic E-state index is 11.6. The number of hydrogen-bond donors (Lipinski definition) is 1. The molecule has 1 atom stereocenters. The van der Waals surface area contributed by atoms with Crippen molar-refractivity contribution in [1.82, 2.24) is 9.88 Å². The molecule has 1 saturated heterocycles. The van der Waals surface area contributed by atoms with Crippen LogP contribution < -0.4 is 10.2 Å². The van der Waals surface area contributed by atoms with E-state index in [1.54, 1.807) is 6.20 Å². The quantitative estimate of drug-likeness (QED) is 0.722. The standard InChI is InChI=1S/C21H32N4O3/c1-28-21(27)23-18-9-10-20(22-14-18)24-12-5-6-17(15-24)11-13-25(16-26)19-7-3-2-4-8-19/h9-10,14,16-17,19H,2-8,11-13,15H2,1H3,(H,23,27). The number of nitrogens with zero attached hydrogens (tertiary/aromatic N) is 3. The van der Waals surface area contributed by atoms with Gasteiger partial charge < -0.3 is 14.5 Å². The van der Waals surface area contributed by atoms with Crippen LogP contribution in [0.25, 0.3) is 0 Å². The Hall–Kier alpha value is -2.31. The number of aromatic nitrogens is 1. The maximum atomic E-state index is 11.6. The monoisotopic (exact) mass is 388 g/mol. The van der Waals surface area contributed by atoms with E-state index in [1.807, 2.05) is 17.0 Å². The van der Waals surface area contributed by atoms with Gasteiger partial charge in [0.15, 0.2) is 0 Å². The number of nitrogens with one attached hydrogen (secondary N) is 1. The number of anilines is 2. The smallest absolute Gasteiger partial charge is 0.411 e. The Bertz CT molecular complexity index is 631. The van der Waals surface area contributed by atoms with Crippen molar-refractivity contribution in [2.75, 3.05) is 37.0 Å². The molecule has 3 rings (SSSR count). The first kappa shape index (κ1) is 20.4. The van der Waals surface area contributed by atoms with Crippen LogP contribution in [0, 0.1) is 5.92 Å². The zero-order chi connectivity index (χ0) is 19.8. The fraction of sp³-hybridized carbons (Fsp3) is 0.667. The number of pyridine rings is 1. The van der Waals surface area contributed by atoms with Crippen molar-refractivity contribution in [3.63, 3.8) is 0 Å². The van der Waals surface area contributed by atoms with Gasteiger partial charge in [-0.1, -0.05) is 19.3 Å². The van der Waals surface area contributed by atoms with E-state index in [9.17, 15) is 9.59 Å². The number of carbonyl (C=O) groups is 2. The van der Waals surface area contributed by atoms with Crippen LogP contribution >= 0.6 is 0 Å². The highest BCUT2D eigenvalue weighted by molar-refractivity contribution is 5.84. The second-order valence-corrected chi connectivity index (χ2v) is 7.90. The van der Waals surface area contributed by atoms with Gasteiger partial charge in [-0.15, -0.1) is 0 Å². The Kier molecular flexibility index (Phi) is 7.51. The van der Waals surface area contributed by atoms with Crippen LogP contribution in [-0.4, -0.2) is 55.2 Å². The van der Waals surface area contributed by atoms with Gasteiger partial charge >= 0.3 is 6.09 Å². The predicted molar refractivity (Wildman–Crippen MR) is 109 cm³/mol. The zero-order valence-corrected chi connectivity index (χ0v) is 16.8. The molecule has 7 nitrogen and oxygen atoms in total. The molecule has 1 N–H and O–H groups in total. The average Bonchev–Trinajstić information content (AvgIpc) is 2.75. The lowest BCUT2D eigenvalue weighted by Gasteiger charge is -2.36. The summed E-state index contributed by atoms with van der Waals surface area (Å²) >= 11 is 0. The fourth-order valence-electron chi connectivity index (χ4n) is 4.39. The van der Waals surface area contributed by atoms with Gasteiger partial charge in [0.25, 0.3) is 0 Å². The van der Waals surface area contributed by atoms with Gasteiger partial charge in [-0.25, -0.2) is 9.78 Å². The van der Waals surface area contributed by atoms with Gasteiger partial charge in [-0.05, 0) is 50.2 Å². The predicted octanol–water partition coefficient (Wildman–Crippen LogP) is 3.66. The van der Waals surface area contributed by atoms with Crippen LogP contribution in [0.2, 0.25) is 0 Å². The summed E-state index contributed by atoms with van der Waals surface area (Å²) in [5.74, 6) is 1.51. The van der Waals surface area contributed by atoms with Crippen LogP contribution in [0.1, 0.15) is 51.4 Å². The third-order valence-electron chi connectivity index (χ3n) is 6.00. The van der Waals surface area contributed by atoms with Gasteiger partial charge in [0.1, 0.15) is 5.82 Å². The molecular formula is C21H32N4O3. The van der Waals surface area contributed by atoms with E-state index >= 15 is 0 Å². The maximum Gasteiger partial charge on any atom is 0.411 e. The van der Waals surface area contributed by atoms with E-state index < -0.39 is 6.09 Å². The molecule has 0 aromatic carbocycles. The molecule has 154 valence electrons. The van der Waals surface area contributed by atoms with Crippen LogP contribution in [0.5, 0.6) is 0 Å². The minimum absolute atomic E-state index is 0.447. The first-order valence-electron chi connectivity index (χ1n) is 10.5. The molecule has 7 heteroatoms. The summed E-state index contributed by atoms with van der Waals surface area (Å²) in [6.45, 7) is 2.82. The van der Waals surface area contributed by atoms with Crippen molar-refractivity contribution in [1.29, 1.82) is 0 Å². The van der Waals surface area contributed by atoms with Crippen molar-refractivity contribution in [2.45, 2.75) is 57.4 Å². The van der Waals surface area contributed by atoms with Gasteiger partial charge in [-0.3, -0.25) is 10.1 Å². The first-order valence-corrected chi connectivity index (χ1v) is 10.5. The van der Waals surface area contributed by atoms with E-state index in [4.69, 9.17) is 0 Å². The first-order chi connectivity index (χ1) is 13.7. The summed E-state index contributed by atoms with van der Waals surface area (Å²) in [6, 6.07) is 4.23. The Balaban J connectivity index is 1.50. The molecule has 0 bridgehead atoms. The molecule has 1 unspecified atom stereocenters. The summed E-state index contributed by atoms with van der Waals surface area (Å²) in [6.07, 6.45) is 11.7. The Morgan fingerprint density at radius 3 is 2.79 bits per heavy atom. The van der Waals surface area contributed by atoms with Gasteiger partial charge in [-0.2, -0.15) is 0 Å². The highest BCUT2D eigenvalue weighted by atomic mass is 16.5. The Labute approximate surface area is 167 Å². The number of amides is 2. The number of piperidine rings is 1. The van der Waals surface area contributed by atoms with Gasteiger partial charge in [0, 0.05) is 25.7 Å².